The van der Waals surface area contributed by atoms with Crippen molar-refractivity contribution in [2.75, 3.05) is 18.6 Å². The minimum atomic E-state index is -3.06. The van der Waals surface area contributed by atoms with Gasteiger partial charge in [0.1, 0.15) is 9.84 Å². The maximum Gasteiger partial charge on any atom is 0.239 e. The van der Waals surface area contributed by atoms with E-state index in [1.54, 1.807) is 0 Å². The van der Waals surface area contributed by atoms with E-state index in [9.17, 15) is 13.2 Å². The summed E-state index contributed by atoms with van der Waals surface area (Å²) in [5, 5.41) is 0. The van der Waals surface area contributed by atoms with Gasteiger partial charge in [-0.25, -0.2) is 8.42 Å². The molecular weight excluding hydrogens is 264 g/mol. The third-order valence-corrected chi connectivity index (χ3v) is 4.31. The molecule has 0 heterocycles. The predicted molar refractivity (Wildman–Crippen MR) is 76.5 cm³/mol. The lowest BCUT2D eigenvalue weighted by atomic mass is 10.1. The Balaban J connectivity index is 2.51. The summed E-state index contributed by atoms with van der Waals surface area (Å²) in [4.78, 5) is 14.1. The number of nitrogens with zero attached hydrogens (tertiary/aromatic N) is 1. The van der Waals surface area contributed by atoms with Gasteiger partial charge in [-0.1, -0.05) is 13.8 Å². The van der Waals surface area contributed by atoms with E-state index in [2.05, 4.69) is 13.8 Å². The first kappa shape index (κ1) is 16.4. The molecule has 19 heavy (non-hydrogen) atoms. The van der Waals surface area contributed by atoms with Gasteiger partial charge in [0.05, 0.1) is 11.8 Å². The highest BCUT2D eigenvalue weighted by Gasteiger charge is 2.34. The van der Waals surface area contributed by atoms with Crippen LogP contribution in [0.5, 0.6) is 0 Å². The summed E-state index contributed by atoms with van der Waals surface area (Å²) in [5.41, 5.74) is 5.84. The summed E-state index contributed by atoms with van der Waals surface area (Å²) in [6, 6.07) is -0.363. The molecule has 1 unspecified atom stereocenters. The van der Waals surface area contributed by atoms with E-state index in [1.807, 2.05) is 4.90 Å². The molecular formula is C13H26N2O3S. The number of amides is 1. The van der Waals surface area contributed by atoms with Crippen molar-refractivity contribution in [1.29, 1.82) is 0 Å². The quantitative estimate of drug-likeness (QED) is 0.716. The Hall–Kier alpha value is -0.620. The van der Waals surface area contributed by atoms with Crippen molar-refractivity contribution in [3.63, 3.8) is 0 Å². The molecule has 1 amide bonds. The molecule has 6 heteroatoms. The SMILES string of the molecule is CC(C)CCN(C(=O)C(N)CCS(C)(=O)=O)C1CC1. The number of carbonyl (C=O) groups excluding carboxylic acids is 1. The molecule has 1 aliphatic carbocycles. The van der Waals surface area contributed by atoms with Crippen LogP contribution in [0.4, 0.5) is 0 Å². The van der Waals surface area contributed by atoms with Crippen LogP contribution in [0.2, 0.25) is 0 Å². The first-order valence-corrected chi connectivity index (χ1v) is 9.00. The molecule has 1 atom stereocenters. The zero-order chi connectivity index (χ0) is 14.6. The second-order valence-electron chi connectivity index (χ2n) is 5.97. The molecule has 0 bridgehead atoms. The van der Waals surface area contributed by atoms with E-state index in [0.717, 1.165) is 25.8 Å². The van der Waals surface area contributed by atoms with Crippen LogP contribution in [0.15, 0.2) is 0 Å². The minimum Gasteiger partial charge on any atom is -0.338 e. The Labute approximate surface area is 116 Å². The summed E-state index contributed by atoms with van der Waals surface area (Å²) < 4.78 is 22.2. The Bertz CT molecular complexity index is 402. The Kier molecular flexibility index (Phi) is 5.80. The molecule has 0 aliphatic heterocycles. The van der Waals surface area contributed by atoms with Gasteiger partial charge in [0.15, 0.2) is 0 Å². The number of hydrogen-bond acceptors (Lipinski definition) is 4. The largest absolute Gasteiger partial charge is 0.338 e. The molecule has 1 fully saturated rings. The van der Waals surface area contributed by atoms with Crippen molar-refractivity contribution in [1.82, 2.24) is 4.90 Å². The van der Waals surface area contributed by atoms with Crippen LogP contribution in [-0.2, 0) is 14.6 Å². The van der Waals surface area contributed by atoms with Crippen molar-refractivity contribution in [3.8, 4) is 0 Å². The van der Waals surface area contributed by atoms with Gasteiger partial charge in [-0.15, -0.1) is 0 Å². The fraction of sp³-hybridized carbons (Fsp3) is 0.923. The lowest BCUT2D eigenvalue weighted by Gasteiger charge is -2.26. The fourth-order valence-electron chi connectivity index (χ4n) is 1.93. The third-order valence-electron chi connectivity index (χ3n) is 3.33. The molecule has 112 valence electrons. The molecule has 1 saturated carbocycles. The molecule has 0 aromatic rings. The van der Waals surface area contributed by atoms with Gasteiger partial charge in [0.25, 0.3) is 0 Å². The molecule has 0 aromatic carbocycles. The second kappa shape index (κ2) is 6.70. The lowest BCUT2D eigenvalue weighted by molar-refractivity contribution is -0.133. The molecule has 2 N–H and O–H groups in total. The Morgan fingerprint density at radius 3 is 2.32 bits per heavy atom. The van der Waals surface area contributed by atoms with E-state index < -0.39 is 15.9 Å². The van der Waals surface area contributed by atoms with Crippen molar-refractivity contribution < 1.29 is 13.2 Å². The average molecular weight is 290 g/mol. The first-order valence-electron chi connectivity index (χ1n) is 6.94. The van der Waals surface area contributed by atoms with Crippen LogP contribution in [-0.4, -0.2) is 49.9 Å². The molecule has 5 nitrogen and oxygen atoms in total. The normalized spacial score (nSPS) is 17.5. The van der Waals surface area contributed by atoms with Crippen molar-refractivity contribution in [2.24, 2.45) is 11.7 Å². The number of hydrogen-bond donors (Lipinski definition) is 1. The Morgan fingerprint density at radius 2 is 1.89 bits per heavy atom. The van der Waals surface area contributed by atoms with Gasteiger partial charge in [-0.05, 0) is 31.6 Å². The van der Waals surface area contributed by atoms with Crippen LogP contribution in [0.25, 0.3) is 0 Å². The first-order chi connectivity index (χ1) is 8.70. The van der Waals surface area contributed by atoms with E-state index >= 15 is 0 Å². The fourth-order valence-corrected chi connectivity index (χ4v) is 2.62. The zero-order valence-corrected chi connectivity index (χ0v) is 12.9. The summed E-state index contributed by atoms with van der Waals surface area (Å²) in [6.45, 7) is 4.98. The molecule has 0 aromatic heterocycles. The van der Waals surface area contributed by atoms with Gasteiger partial charge in [0, 0.05) is 18.8 Å². The van der Waals surface area contributed by atoms with Crippen molar-refractivity contribution in [2.45, 2.75) is 51.6 Å². The van der Waals surface area contributed by atoms with Crippen LogP contribution in [0.1, 0.15) is 39.5 Å². The topological polar surface area (TPSA) is 80.5 Å². The summed E-state index contributed by atoms with van der Waals surface area (Å²) in [6.07, 6.45) is 4.43. The highest BCUT2D eigenvalue weighted by atomic mass is 32.2. The minimum absolute atomic E-state index is 0.0252. The van der Waals surface area contributed by atoms with E-state index in [4.69, 9.17) is 5.73 Å². The lowest BCUT2D eigenvalue weighted by Crippen LogP contribution is -2.46. The molecule has 1 aliphatic rings. The highest BCUT2D eigenvalue weighted by Crippen LogP contribution is 2.28. The van der Waals surface area contributed by atoms with E-state index in [-0.39, 0.29) is 18.1 Å². The van der Waals surface area contributed by atoms with Crippen LogP contribution >= 0.6 is 0 Å². The van der Waals surface area contributed by atoms with Gasteiger partial charge >= 0.3 is 0 Å². The van der Waals surface area contributed by atoms with Gasteiger partial charge in [-0.2, -0.15) is 0 Å². The van der Waals surface area contributed by atoms with Gasteiger partial charge in [-0.3, -0.25) is 4.79 Å². The van der Waals surface area contributed by atoms with E-state index in [0.29, 0.717) is 12.0 Å². The Morgan fingerprint density at radius 1 is 1.32 bits per heavy atom. The molecule has 0 radical (unpaired) electrons. The monoisotopic (exact) mass is 290 g/mol. The second-order valence-corrected chi connectivity index (χ2v) is 8.23. The predicted octanol–water partition coefficient (Wildman–Crippen LogP) is 0.786. The van der Waals surface area contributed by atoms with Crippen LogP contribution in [0, 0.1) is 5.92 Å². The zero-order valence-electron chi connectivity index (χ0n) is 12.1. The van der Waals surface area contributed by atoms with E-state index in [1.165, 1.54) is 6.26 Å². The number of carbonyl (C=O) groups is 1. The maximum absolute atomic E-state index is 12.3. The highest BCUT2D eigenvalue weighted by molar-refractivity contribution is 7.90. The molecule has 0 saturated heterocycles. The average Bonchev–Trinajstić information content (AvgIpc) is 3.08. The van der Waals surface area contributed by atoms with Crippen molar-refractivity contribution >= 4 is 15.7 Å². The standard InChI is InChI=1S/C13H26N2O3S/c1-10(2)6-8-15(11-4-5-11)13(16)12(14)7-9-19(3,17)18/h10-12H,4-9,14H2,1-3H3. The number of nitrogens with two attached hydrogens (primary N) is 1. The smallest absolute Gasteiger partial charge is 0.239 e. The van der Waals surface area contributed by atoms with Gasteiger partial charge in [0.2, 0.25) is 5.91 Å². The number of sulfone groups is 1. The summed E-state index contributed by atoms with van der Waals surface area (Å²) >= 11 is 0. The third kappa shape index (κ3) is 6.38. The molecule has 0 spiro atoms. The number of rotatable bonds is 8. The van der Waals surface area contributed by atoms with Crippen LogP contribution < -0.4 is 5.73 Å². The van der Waals surface area contributed by atoms with Crippen LogP contribution in [0.3, 0.4) is 0 Å². The molecule has 1 rings (SSSR count). The summed E-state index contributed by atoms with van der Waals surface area (Å²) in [5.74, 6) is 0.427. The van der Waals surface area contributed by atoms with Crippen molar-refractivity contribution in [3.05, 3.63) is 0 Å². The van der Waals surface area contributed by atoms with Gasteiger partial charge < -0.3 is 10.6 Å². The summed E-state index contributed by atoms with van der Waals surface area (Å²) in [7, 11) is -3.06. The maximum atomic E-state index is 12.3.